The van der Waals surface area contributed by atoms with E-state index in [2.05, 4.69) is 25.1 Å². The van der Waals surface area contributed by atoms with Gasteiger partial charge in [0, 0.05) is 45.2 Å². The van der Waals surface area contributed by atoms with Crippen LogP contribution in [0.25, 0.3) is 0 Å². The molecule has 2 aliphatic heterocycles. The molecule has 0 unspecified atom stereocenters. The average Bonchev–Trinajstić information content (AvgIpc) is 2.58. The lowest BCUT2D eigenvalue weighted by Crippen LogP contribution is -2.53. The van der Waals surface area contributed by atoms with Crippen LogP contribution in [-0.2, 0) is 9.53 Å². The summed E-state index contributed by atoms with van der Waals surface area (Å²) in [5, 5.41) is 12.7. The summed E-state index contributed by atoms with van der Waals surface area (Å²) < 4.78 is 5.17. The van der Waals surface area contributed by atoms with Crippen molar-refractivity contribution in [3.05, 3.63) is 18.5 Å². The summed E-state index contributed by atoms with van der Waals surface area (Å²) in [7, 11) is 0. The number of amides is 1. The molecule has 2 fully saturated rings. The van der Waals surface area contributed by atoms with Gasteiger partial charge in [-0.25, -0.2) is 9.97 Å². The lowest BCUT2D eigenvalue weighted by atomic mass is 10.1. The summed E-state index contributed by atoms with van der Waals surface area (Å²) in [4.78, 5) is 24.9. The summed E-state index contributed by atoms with van der Waals surface area (Å²) in [5.41, 5.74) is 0. The second kappa shape index (κ2) is 7.67. The van der Waals surface area contributed by atoms with E-state index < -0.39 is 6.10 Å². The van der Waals surface area contributed by atoms with E-state index in [1.807, 2.05) is 0 Å². The Morgan fingerprint density at radius 1 is 1.30 bits per heavy atom. The van der Waals surface area contributed by atoms with E-state index in [-0.39, 0.29) is 11.9 Å². The Morgan fingerprint density at radius 3 is 2.74 bits per heavy atom. The number of aromatic nitrogens is 2. The fourth-order valence-electron chi connectivity index (χ4n) is 2.91. The third-order valence-corrected chi connectivity index (χ3v) is 4.25. The van der Waals surface area contributed by atoms with Crippen molar-refractivity contribution in [1.29, 1.82) is 0 Å². The van der Waals surface area contributed by atoms with E-state index in [0.717, 1.165) is 32.1 Å². The van der Waals surface area contributed by atoms with Gasteiger partial charge in [0.15, 0.2) is 0 Å². The first-order valence-electron chi connectivity index (χ1n) is 8.02. The molecule has 2 saturated heterocycles. The maximum absolute atomic E-state index is 12.1. The molecular weight excluding hydrogens is 298 g/mol. The number of carbonyl (C=O) groups excluding carboxylic acids is 1. The standard InChI is InChI=1S/C15H23N5O3/c21-13-11-23-9-2-12(13)18-14(22)10-19-5-7-20(8-6-19)15-16-3-1-4-17-15/h1,3-4,12-13,21H,2,5-11H2,(H,18,22)/t12-,13-/m1/s1. The number of ether oxygens (including phenoxy) is 1. The van der Waals surface area contributed by atoms with Gasteiger partial charge in [0.1, 0.15) is 0 Å². The minimum atomic E-state index is -0.611. The molecule has 0 spiro atoms. The summed E-state index contributed by atoms with van der Waals surface area (Å²) in [5.74, 6) is 0.697. The molecule has 3 heterocycles. The minimum Gasteiger partial charge on any atom is -0.389 e. The van der Waals surface area contributed by atoms with Crippen molar-refractivity contribution in [2.75, 3.05) is 50.8 Å². The molecular formula is C15H23N5O3. The smallest absolute Gasteiger partial charge is 0.234 e. The second-order valence-electron chi connectivity index (χ2n) is 5.92. The van der Waals surface area contributed by atoms with E-state index in [9.17, 15) is 9.90 Å². The zero-order valence-corrected chi connectivity index (χ0v) is 13.1. The Hall–Kier alpha value is -1.77. The monoisotopic (exact) mass is 321 g/mol. The van der Waals surface area contributed by atoms with Crippen LogP contribution in [0.2, 0.25) is 0 Å². The van der Waals surface area contributed by atoms with Crippen molar-refractivity contribution < 1.29 is 14.6 Å². The van der Waals surface area contributed by atoms with Crippen LogP contribution >= 0.6 is 0 Å². The molecule has 0 radical (unpaired) electrons. The molecule has 8 heteroatoms. The van der Waals surface area contributed by atoms with Crippen LogP contribution in [0.5, 0.6) is 0 Å². The number of nitrogens with zero attached hydrogens (tertiary/aromatic N) is 4. The molecule has 23 heavy (non-hydrogen) atoms. The van der Waals surface area contributed by atoms with Gasteiger partial charge >= 0.3 is 0 Å². The van der Waals surface area contributed by atoms with Crippen molar-refractivity contribution in [2.24, 2.45) is 0 Å². The van der Waals surface area contributed by atoms with Gasteiger partial charge in [-0.15, -0.1) is 0 Å². The first kappa shape index (κ1) is 16.1. The second-order valence-corrected chi connectivity index (χ2v) is 5.92. The van der Waals surface area contributed by atoms with Gasteiger partial charge in [-0.1, -0.05) is 0 Å². The predicted octanol–water partition coefficient (Wildman–Crippen LogP) is -1.14. The highest BCUT2D eigenvalue weighted by molar-refractivity contribution is 5.78. The fourth-order valence-corrected chi connectivity index (χ4v) is 2.91. The number of carbonyl (C=O) groups is 1. The number of aliphatic hydroxyl groups excluding tert-OH is 1. The zero-order chi connectivity index (χ0) is 16.1. The van der Waals surface area contributed by atoms with Gasteiger partial charge in [0.05, 0.1) is 25.3 Å². The number of nitrogens with one attached hydrogen (secondary N) is 1. The quantitative estimate of drug-likeness (QED) is 0.725. The van der Waals surface area contributed by atoms with Crippen molar-refractivity contribution in [3.8, 4) is 0 Å². The van der Waals surface area contributed by atoms with Crippen LogP contribution in [0.4, 0.5) is 5.95 Å². The van der Waals surface area contributed by atoms with Crippen molar-refractivity contribution in [1.82, 2.24) is 20.2 Å². The maximum atomic E-state index is 12.1. The third kappa shape index (κ3) is 4.37. The van der Waals surface area contributed by atoms with E-state index in [0.29, 0.717) is 26.2 Å². The average molecular weight is 321 g/mol. The molecule has 2 atom stereocenters. The van der Waals surface area contributed by atoms with Crippen molar-refractivity contribution >= 4 is 11.9 Å². The van der Waals surface area contributed by atoms with E-state index in [4.69, 9.17) is 4.74 Å². The van der Waals surface area contributed by atoms with Gasteiger partial charge in [-0.3, -0.25) is 9.69 Å². The van der Waals surface area contributed by atoms with Crippen molar-refractivity contribution in [2.45, 2.75) is 18.6 Å². The highest BCUT2D eigenvalue weighted by atomic mass is 16.5. The number of anilines is 1. The van der Waals surface area contributed by atoms with Gasteiger partial charge in [0.25, 0.3) is 0 Å². The number of aliphatic hydroxyl groups is 1. The van der Waals surface area contributed by atoms with Gasteiger partial charge in [-0.2, -0.15) is 0 Å². The molecule has 1 amide bonds. The first-order valence-corrected chi connectivity index (χ1v) is 8.02. The molecule has 0 aliphatic carbocycles. The lowest BCUT2D eigenvalue weighted by molar-refractivity contribution is -0.125. The summed E-state index contributed by atoms with van der Waals surface area (Å²) in [6.07, 6.45) is 3.52. The molecule has 2 aliphatic rings. The minimum absolute atomic E-state index is 0.0413. The number of hydrogen-bond donors (Lipinski definition) is 2. The SMILES string of the molecule is O=C(CN1CCN(c2ncccn2)CC1)N[C@@H]1CCOC[C@H]1O. The lowest BCUT2D eigenvalue weighted by Gasteiger charge is -2.35. The van der Waals surface area contributed by atoms with Crippen LogP contribution in [0.3, 0.4) is 0 Å². The molecule has 1 aromatic heterocycles. The molecule has 0 saturated carbocycles. The highest BCUT2D eigenvalue weighted by Crippen LogP contribution is 2.10. The molecule has 0 aromatic carbocycles. The number of rotatable bonds is 4. The summed E-state index contributed by atoms with van der Waals surface area (Å²) in [6, 6.07) is 1.60. The molecule has 0 bridgehead atoms. The zero-order valence-electron chi connectivity index (χ0n) is 13.1. The largest absolute Gasteiger partial charge is 0.389 e. The van der Waals surface area contributed by atoms with Crippen LogP contribution in [0, 0.1) is 0 Å². The summed E-state index contributed by atoms with van der Waals surface area (Å²) in [6.45, 7) is 4.42. The van der Waals surface area contributed by atoms with Gasteiger partial charge in [-0.05, 0) is 12.5 Å². The van der Waals surface area contributed by atoms with Gasteiger partial charge in [0.2, 0.25) is 11.9 Å². The van der Waals surface area contributed by atoms with Crippen molar-refractivity contribution in [3.63, 3.8) is 0 Å². The van der Waals surface area contributed by atoms with Gasteiger partial charge < -0.3 is 20.1 Å². The molecule has 8 nitrogen and oxygen atoms in total. The maximum Gasteiger partial charge on any atom is 0.234 e. The van der Waals surface area contributed by atoms with Crippen LogP contribution in [-0.4, -0.2) is 84.0 Å². The normalized spacial score (nSPS) is 26.0. The first-order chi connectivity index (χ1) is 11.2. The Kier molecular flexibility index (Phi) is 5.37. The molecule has 1 aromatic rings. The predicted molar refractivity (Wildman–Crippen MR) is 84.1 cm³/mol. The molecule has 3 rings (SSSR count). The van der Waals surface area contributed by atoms with Crippen LogP contribution < -0.4 is 10.2 Å². The van der Waals surface area contributed by atoms with E-state index in [1.54, 1.807) is 18.5 Å². The molecule has 126 valence electrons. The molecule has 2 N–H and O–H groups in total. The Labute approximate surface area is 135 Å². The van der Waals surface area contributed by atoms with E-state index >= 15 is 0 Å². The Morgan fingerprint density at radius 2 is 2.04 bits per heavy atom. The Balaban J connectivity index is 1.42. The Bertz CT molecular complexity index is 507. The van der Waals surface area contributed by atoms with Crippen LogP contribution in [0.1, 0.15) is 6.42 Å². The third-order valence-electron chi connectivity index (χ3n) is 4.25. The summed E-state index contributed by atoms with van der Waals surface area (Å²) >= 11 is 0. The number of piperazine rings is 1. The number of hydrogen-bond acceptors (Lipinski definition) is 7. The topological polar surface area (TPSA) is 90.8 Å². The van der Waals surface area contributed by atoms with E-state index in [1.165, 1.54) is 0 Å². The van der Waals surface area contributed by atoms with Crippen LogP contribution in [0.15, 0.2) is 18.5 Å². The highest BCUT2D eigenvalue weighted by Gasteiger charge is 2.26. The fraction of sp³-hybridized carbons (Fsp3) is 0.667.